The Labute approximate surface area is 123 Å². The van der Waals surface area contributed by atoms with Crippen molar-refractivity contribution in [1.29, 1.82) is 0 Å². The number of halogens is 2. The first-order chi connectivity index (χ1) is 9.54. The van der Waals surface area contributed by atoms with Crippen molar-refractivity contribution in [3.63, 3.8) is 0 Å². The molecule has 2 aromatic carbocycles. The summed E-state index contributed by atoms with van der Waals surface area (Å²) >= 11 is 6.11. The number of nitrogens with zero attached hydrogens (tertiary/aromatic N) is 1. The van der Waals surface area contributed by atoms with Crippen LogP contribution in [0.25, 0.3) is 0 Å². The van der Waals surface area contributed by atoms with Gasteiger partial charge in [-0.1, -0.05) is 29.8 Å². The molecular formula is C15H17ClFN3. The molecule has 0 aliphatic rings. The minimum Gasteiger partial charge on any atom is -0.378 e. The Bertz CT molecular complexity index is 581. The van der Waals surface area contributed by atoms with E-state index in [-0.39, 0.29) is 5.82 Å². The van der Waals surface area contributed by atoms with Crippen LogP contribution >= 0.6 is 11.6 Å². The van der Waals surface area contributed by atoms with Gasteiger partial charge in [-0.3, -0.25) is 5.84 Å². The zero-order valence-corrected chi connectivity index (χ0v) is 12.2. The van der Waals surface area contributed by atoms with E-state index in [0.717, 1.165) is 11.3 Å². The zero-order valence-electron chi connectivity index (χ0n) is 11.4. The van der Waals surface area contributed by atoms with Crippen LogP contribution in [0, 0.1) is 5.82 Å². The molecule has 0 bridgehead atoms. The molecule has 5 heteroatoms. The van der Waals surface area contributed by atoms with Crippen LogP contribution in [0.1, 0.15) is 17.2 Å². The fourth-order valence-electron chi connectivity index (χ4n) is 2.12. The summed E-state index contributed by atoms with van der Waals surface area (Å²) < 4.78 is 14.0. The predicted molar refractivity (Wildman–Crippen MR) is 81.3 cm³/mol. The van der Waals surface area contributed by atoms with Gasteiger partial charge in [-0.2, -0.15) is 0 Å². The maximum atomic E-state index is 14.0. The van der Waals surface area contributed by atoms with Gasteiger partial charge in [0.25, 0.3) is 0 Å². The average molecular weight is 294 g/mol. The maximum absolute atomic E-state index is 14.0. The van der Waals surface area contributed by atoms with E-state index < -0.39 is 6.04 Å². The van der Waals surface area contributed by atoms with Crippen LogP contribution < -0.4 is 16.2 Å². The van der Waals surface area contributed by atoms with Crippen molar-refractivity contribution in [1.82, 2.24) is 5.43 Å². The van der Waals surface area contributed by atoms with E-state index in [1.165, 1.54) is 6.07 Å². The van der Waals surface area contributed by atoms with E-state index >= 15 is 0 Å². The molecule has 0 heterocycles. The van der Waals surface area contributed by atoms with Crippen LogP contribution in [0.2, 0.25) is 5.02 Å². The Hall–Kier alpha value is -1.62. The maximum Gasteiger partial charge on any atom is 0.129 e. The standard InChI is InChI=1S/C15H17ClFN3/c1-20(2)11-6-3-5-10(9-11)15(19-18)14-12(16)7-4-8-13(14)17/h3-9,15,19H,18H2,1-2H3. The average Bonchev–Trinajstić information content (AvgIpc) is 2.43. The lowest BCUT2D eigenvalue weighted by molar-refractivity contribution is 0.560. The molecule has 2 rings (SSSR count). The third-order valence-corrected chi connectivity index (χ3v) is 3.50. The number of nitrogens with one attached hydrogen (secondary N) is 1. The third-order valence-electron chi connectivity index (χ3n) is 3.17. The molecule has 1 atom stereocenters. The van der Waals surface area contributed by atoms with Crippen LogP contribution in [0.5, 0.6) is 0 Å². The Kier molecular flexibility index (Phi) is 4.60. The van der Waals surface area contributed by atoms with E-state index in [0.29, 0.717) is 10.6 Å². The van der Waals surface area contributed by atoms with Gasteiger partial charge in [-0.15, -0.1) is 0 Å². The molecule has 0 radical (unpaired) electrons. The normalized spacial score (nSPS) is 12.2. The molecule has 0 fully saturated rings. The summed E-state index contributed by atoms with van der Waals surface area (Å²) in [5.74, 6) is 5.23. The number of hydrogen-bond acceptors (Lipinski definition) is 3. The Balaban J connectivity index is 2.50. The van der Waals surface area contributed by atoms with Crippen molar-refractivity contribution in [2.75, 3.05) is 19.0 Å². The summed E-state index contributed by atoms with van der Waals surface area (Å²) in [5, 5.41) is 0.350. The second-order valence-electron chi connectivity index (χ2n) is 4.72. The molecule has 3 nitrogen and oxygen atoms in total. The minimum absolute atomic E-state index is 0.350. The fraction of sp³-hybridized carbons (Fsp3) is 0.200. The monoisotopic (exact) mass is 293 g/mol. The molecular weight excluding hydrogens is 277 g/mol. The quantitative estimate of drug-likeness (QED) is 0.672. The van der Waals surface area contributed by atoms with Crippen molar-refractivity contribution in [2.45, 2.75) is 6.04 Å². The fourth-order valence-corrected chi connectivity index (χ4v) is 2.39. The van der Waals surface area contributed by atoms with E-state index in [1.54, 1.807) is 12.1 Å². The Morgan fingerprint density at radius 1 is 1.20 bits per heavy atom. The molecule has 106 valence electrons. The second-order valence-corrected chi connectivity index (χ2v) is 5.13. The van der Waals surface area contributed by atoms with Gasteiger partial charge in [0.05, 0.1) is 6.04 Å². The zero-order chi connectivity index (χ0) is 14.7. The van der Waals surface area contributed by atoms with Crippen molar-refractivity contribution in [2.24, 2.45) is 5.84 Å². The minimum atomic E-state index is -0.497. The van der Waals surface area contributed by atoms with Gasteiger partial charge in [0.15, 0.2) is 0 Å². The highest BCUT2D eigenvalue weighted by Gasteiger charge is 2.20. The molecule has 3 N–H and O–H groups in total. The molecule has 0 amide bonds. The van der Waals surface area contributed by atoms with Crippen molar-refractivity contribution < 1.29 is 4.39 Å². The first-order valence-corrected chi connectivity index (χ1v) is 6.59. The van der Waals surface area contributed by atoms with Gasteiger partial charge in [-0.05, 0) is 29.8 Å². The first kappa shape index (κ1) is 14.8. The number of hydrogen-bond donors (Lipinski definition) is 2. The number of anilines is 1. The van der Waals surface area contributed by atoms with E-state index in [2.05, 4.69) is 5.43 Å². The van der Waals surface area contributed by atoms with Crippen LogP contribution in [0.3, 0.4) is 0 Å². The molecule has 0 aliphatic carbocycles. The molecule has 2 aromatic rings. The highest BCUT2D eigenvalue weighted by Crippen LogP contribution is 2.31. The van der Waals surface area contributed by atoms with Crippen LogP contribution in [-0.2, 0) is 0 Å². The number of hydrazine groups is 1. The molecule has 1 unspecified atom stereocenters. The van der Waals surface area contributed by atoms with Crippen LogP contribution in [0.15, 0.2) is 42.5 Å². The summed E-state index contributed by atoms with van der Waals surface area (Å²) in [4.78, 5) is 1.97. The smallest absolute Gasteiger partial charge is 0.129 e. The Morgan fingerprint density at radius 3 is 2.50 bits per heavy atom. The van der Waals surface area contributed by atoms with E-state index in [1.807, 2.05) is 43.3 Å². The van der Waals surface area contributed by atoms with Gasteiger partial charge >= 0.3 is 0 Å². The molecule has 0 saturated heterocycles. The second kappa shape index (κ2) is 6.22. The molecule has 0 aromatic heterocycles. The van der Waals surface area contributed by atoms with E-state index in [4.69, 9.17) is 17.4 Å². The molecule has 0 saturated carbocycles. The van der Waals surface area contributed by atoms with Gasteiger partial charge in [0.1, 0.15) is 5.82 Å². The lowest BCUT2D eigenvalue weighted by Gasteiger charge is -2.21. The van der Waals surface area contributed by atoms with Gasteiger partial charge < -0.3 is 4.90 Å². The lowest BCUT2D eigenvalue weighted by Crippen LogP contribution is -2.30. The van der Waals surface area contributed by atoms with Gasteiger partial charge in [-0.25, -0.2) is 9.82 Å². The summed E-state index contributed by atoms with van der Waals surface area (Å²) in [5.41, 5.74) is 4.86. The Morgan fingerprint density at radius 2 is 1.90 bits per heavy atom. The largest absolute Gasteiger partial charge is 0.378 e. The number of rotatable bonds is 4. The van der Waals surface area contributed by atoms with Crippen LogP contribution in [-0.4, -0.2) is 14.1 Å². The number of benzene rings is 2. The highest BCUT2D eigenvalue weighted by molar-refractivity contribution is 6.31. The first-order valence-electron chi connectivity index (χ1n) is 6.22. The highest BCUT2D eigenvalue weighted by atomic mass is 35.5. The van der Waals surface area contributed by atoms with Gasteiger partial charge in [0, 0.05) is 30.4 Å². The summed E-state index contributed by atoms with van der Waals surface area (Å²) in [6, 6.07) is 11.8. The predicted octanol–water partition coefficient (Wildman–Crippen LogP) is 3.10. The summed E-state index contributed by atoms with van der Waals surface area (Å²) in [6.07, 6.45) is 0. The summed E-state index contributed by atoms with van der Waals surface area (Å²) in [7, 11) is 3.89. The summed E-state index contributed by atoms with van der Waals surface area (Å²) in [6.45, 7) is 0. The lowest BCUT2D eigenvalue weighted by atomic mass is 9.98. The van der Waals surface area contributed by atoms with Gasteiger partial charge in [0.2, 0.25) is 0 Å². The van der Waals surface area contributed by atoms with Crippen LogP contribution in [0.4, 0.5) is 10.1 Å². The van der Waals surface area contributed by atoms with Crippen molar-refractivity contribution in [3.8, 4) is 0 Å². The van der Waals surface area contributed by atoms with Crippen molar-refractivity contribution >= 4 is 17.3 Å². The molecule has 20 heavy (non-hydrogen) atoms. The SMILES string of the molecule is CN(C)c1cccc(C(NN)c2c(F)cccc2Cl)c1. The van der Waals surface area contributed by atoms with Crippen molar-refractivity contribution in [3.05, 3.63) is 64.4 Å². The number of nitrogens with two attached hydrogens (primary N) is 1. The third kappa shape index (κ3) is 2.93. The molecule has 0 aliphatic heterocycles. The van der Waals surface area contributed by atoms with E-state index in [9.17, 15) is 4.39 Å². The topological polar surface area (TPSA) is 41.3 Å². The molecule has 0 spiro atoms.